The molecule has 23 N–H and O–H groups in total. The molecule has 1 fully saturated rings. The number of carboxylic acid groups (broad SMARTS) is 1. The molecule has 18 amide bonds. The van der Waals surface area contributed by atoms with Gasteiger partial charge in [0.1, 0.15) is 90.6 Å². The zero-order valence-corrected chi connectivity index (χ0v) is 82.6. The number of aliphatic hydroxyl groups is 2. The summed E-state index contributed by atoms with van der Waals surface area (Å²) in [5, 5.41) is 72.8. The fraction of sp³-hybridized carbons (Fsp3) is 0.722. The van der Waals surface area contributed by atoms with Gasteiger partial charge in [0, 0.05) is 18.7 Å². The standard InChI is InChI=1S/C90H153N19O22S2/c1-21-48(13)67(92)82(122)98-60(40-64(91)112)78(118)105-72(52(17)25-5)87(127)106-70(50(15)23-3)84(124)95-56(34-36-133-20)89(129)109-35-30-33-63(109)81(121)100-61(43-110)79(119)104-68(47(11)12)83(123)99-59(39-55-31-28-27-29-32-55)76(116)94-42-66(114)103-74(54(19)111)88(128)107-71(51(16)24-4)85(125)101-62(44-132)80(120)97-58(38-46(9)10)77(117)96-57(37-45(7)8)75(115)93-41-65(113)102-69(49(14)22-2)86(126)108-73(90(130)131)53(18)26-6/h27-29,31-32,45-54,56-63,67-74,110-111,132H,21-26,30,33-44,92H2,1-20H3,(H2,91,112)(H,93,115)(H,94,116)(H,95,124)(H,96,117)(H,97,120)(H,98,122)(H,99,123)(H,100,121)(H,101,125)(H,102,113)(H,103,114)(H,104,119)(H,105,118)(H,106,127)(H,107,128)(H,108,126)(H,130,131)/t48-,49-,50-,51-,52-,53-,54+,56-,57-,58-,59-,60-,61-,62-,63-,67-,68-,69-,70-,71-,72-,73-,74-/m0/s1. The van der Waals surface area contributed by atoms with E-state index in [0.717, 1.165) is 0 Å². The number of aliphatic hydroxyl groups excluding tert-OH is 2. The van der Waals surface area contributed by atoms with Gasteiger partial charge in [0.05, 0.1) is 38.3 Å². The van der Waals surface area contributed by atoms with Gasteiger partial charge in [-0.25, -0.2) is 4.79 Å². The molecule has 41 nitrogen and oxygen atoms in total. The first-order valence-corrected chi connectivity index (χ1v) is 48.3. The van der Waals surface area contributed by atoms with Crippen LogP contribution in [-0.4, -0.2) is 279 Å². The van der Waals surface area contributed by atoms with E-state index in [1.165, 1.54) is 23.6 Å². The van der Waals surface area contributed by atoms with Crippen LogP contribution in [0, 0.1) is 53.3 Å². The molecule has 1 aromatic rings. The van der Waals surface area contributed by atoms with E-state index < -0.39 is 277 Å². The summed E-state index contributed by atoms with van der Waals surface area (Å²) in [5.41, 5.74) is 12.1. The Morgan fingerprint density at radius 3 is 1.24 bits per heavy atom. The lowest BCUT2D eigenvalue weighted by atomic mass is 9.94. The van der Waals surface area contributed by atoms with Crippen molar-refractivity contribution in [2.45, 2.75) is 318 Å². The molecule has 133 heavy (non-hydrogen) atoms. The lowest BCUT2D eigenvalue weighted by Crippen LogP contribution is -2.62. The molecule has 1 aromatic carbocycles. The maximum Gasteiger partial charge on any atom is 0.326 e. The zero-order valence-electron chi connectivity index (χ0n) is 80.9. The summed E-state index contributed by atoms with van der Waals surface area (Å²) in [6.45, 7) is 29.6. The topological polar surface area (TPSA) is 633 Å². The van der Waals surface area contributed by atoms with E-state index in [2.05, 4.69) is 97.7 Å². The predicted octanol–water partition coefficient (Wildman–Crippen LogP) is -1.39. The Kier molecular flexibility index (Phi) is 53.7. The van der Waals surface area contributed by atoms with E-state index in [4.69, 9.17) is 11.5 Å². The molecule has 23 atom stereocenters. The van der Waals surface area contributed by atoms with Crippen LogP contribution in [0.2, 0.25) is 0 Å². The van der Waals surface area contributed by atoms with Crippen LogP contribution < -0.4 is 96.5 Å². The maximum atomic E-state index is 14.8. The van der Waals surface area contributed by atoms with E-state index in [1.54, 1.807) is 154 Å². The molecule has 0 radical (unpaired) electrons. The number of carbonyl (C=O) groups is 19. The predicted molar refractivity (Wildman–Crippen MR) is 503 cm³/mol. The molecule has 1 saturated heterocycles. The maximum absolute atomic E-state index is 14.8. The highest BCUT2D eigenvalue weighted by Crippen LogP contribution is 2.23. The summed E-state index contributed by atoms with van der Waals surface area (Å²) >= 11 is 5.69. The van der Waals surface area contributed by atoms with Gasteiger partial charge in [-0.3, -0.25) is 86.3 Å². The molecule has 1 aliphatic rings. The van der Waals surface area contributed by atoms with Crippen LogP contribution in [0.5, 0.6) is 0 Å². The van der Waals surface area contributed by atoms with Gasteiger partial charge < -0.3 is 117 Å². The van der Waals surface area contributed by atoms with E-state index in [-0.39, 0.29) is 68.6 Å². The van der Waals surface area contributed by atoms with Gasteiger partial charge in [0.2, 0.25) is 106 Å². The lowest BCUT2D eigenvalue weighted by Gasteiger charge is -2.32. The molecule has 0 saturated carbocycles. The Balaban J connectivity index is 2.34. The van der Waals surface area contributed by atoms with E-state index in [9.17, 15) is 106 Å². The number of thiol groups is 1. The van der Waals surface area contributed by atoms with Crippen molar-refractivity contribution in [2.75, 3.05) is 44.0 Å². The van der Waals surface area contributed by atoms with Crippen molar-refractivity contribution in [2.24, 2.45) is 64.7 Å². The number of hydrogen-bond donors (Lipinski definition) is 22. The molecule has 0 aromatic heterocycles. The molecule has 43 heteroatoms. The number of carbonyl (C=O) groups excluding carboxylic acids is 18. The summed E-state index contributed by atoms with van der Waals surface area (Å²) < 4.78 is 0. The van der Waals surface area contributed by atoms with Gasteiger partial charge in [0.25, 0.3) is 0 Å². The smallest absolute Gasteiger partial charge is 0.326 e. The van der Waals surface area contributed by atoms with E-state index in [1.807, 2.05) is 6.92 Å². The first-order chi connectivity index (χ1) is 62.5. The van der Waals surface area contributed by atoms with Crippen molar-refractivity contribution in [1.29, 1.82) is 0 Å². The average Bonchev–Trinajstić information content (AvgIpc) is 1.71. The number of amides is 18. The molecule has 1 aliphatic heterocycles. The summed E-state index contributed by atoms with van der Waals surface area (Å²) in [5.74, 6) is -21.0. The fourth-order valence-corrected chi connectivity index (χ4v) is 15.1. The number of nitrogens with two attached hydrogens (primary N) is 2. The van der Waals surface area contributed by atoms with Crippen LogP contribution in [0.4, 0.5) is 0 Å². The molecule has 1 heterocycles. The van der Waals surface area contributed by atoms with Crippen LogP contribution in [0.15, 0.2) is 30.3 Å². The van der Waals surface area contributed by atoms with Crippen LogP contribution >= 0.6 is 24.4 Å². The highest BCUT2D eigenvalue weighted by molar-refractivity contribution is 7.98. The highest BCUT2D eigenvalue weighted by Gasteiger charge is 2.44. The van der Waals surface area contributed by atoms with Gasteiger partial charge in [-0.05, 0) is 110 Å². The van der Waals surface area contributed by atoms with Gasteiger partial charge >= 0.3 is 5.97 Å². The van der Waals surface area contributed by atoms with Crippen LogP contribution in [0.3, 0.4) is 0 Å². The highest BCUT2D eigenvalue weighted by atomic mass is 32.2. The monoisotopic (exact) mass is 1920 g/mol. The second-order valence-corrected chi connectivity index (χ2v) is 37.4. The zero-order chi connectivity index (χ0) is 101. The Morgan fingerprint density at radius 2 is 0.805 bits per heavy atom. The van der Waals surface area contributed by atoms with Gasteiger partial charge in [-0.2, -0.15) is 24.4 Å². The van der Waals surface area contributed by atoms with Gasteiger partial charge in [0.15, 0.2) is 0 Å². The lowest BCUT2D eigenvalue weighted by molar-refractivity contribution is -0.144. The quantitative estimate of drug-likeness (QED) is 0.0334. The number of benzene rings is 1. The number of nitrogens with zero attached hydrogens (tertiary/aromatic N) is 1. The molecule has 0 spiro atoms. The molecule has 0 aliphatic carbocycles. The summed E-state index contributed by atoms with van der Waals surface area (Å²) in [7, 11) is 0. The minimum atomic E-state index is -1.79. The number of rotatable bonds is 61. The third kappa shape index (κ3) is 39.7. The summed E-state index contributed by atoms with van der Waals surface area (Å²) in [4.78, 5) is 265. The largest absolute Gasteiger partial charge is 0.480 e. The van der Waals surface area contributed by atoms with Crippen molar-refractivity contribution in [3.63, 3.8) is 0 Å². The Bertz CT molecular complexity index is 4040. The van der Waals surface area contributed by atoms with Crippen LogP contribution in [0.1, 0.15) is 214 Å². The SMILES string of the molecule is CC[C@H](C)[C@H](N)C(=O)N[C@@H](CC(N)=O)C(=O)N[C@H](C(=O)N[C@H](C(=O)N[C@@H](CCSC)C(=O)N1CCC[C@H]1C(=O)N[C@@H](CO)C(=O)N[C@H](C(=O)N[C@@H](Cc1ccccc1)C(=O)NCC(=O)N[C@H](C(=O)N[C@H](C(=O)N[C@@H](CS)C(=O)N[C@@H](CC(C)C)C(=O)N[C@@H](CC(C)C)C(=O)NCC(=O)N[C@H](C(=O)N[C@H](C(=O)O)[C@@H](C)CC)[C@@H](C)CC)[C@@H](C)CC)[C@@H](C)O)C(C)C)[C@@H](C)CC)[C@@H](C)CC. The first kappa shape index (κ1) is 119. The van der Waals surface area contributed by atoms with Crippen LogP contribution in [-0.2, 0) is 97.5 Å². The minimum Gasteiger partial charge on any atom is -0.480 e. The number of likely N-dealkylation sites (tertiary alicyclic amines) is 1. The number of hydrogen-bond acceptors (Lipinski definition) is 24. The number of aliphatic carboxylic acids is 1. The van der Waals surface area contributed by atoms with Crippen molar-refractivity contribution < 1.29 is 106 Å². The molecule has 0 unspecified atom stereocenters. The number of nitrogens with one attached hydrogen (secondary N) is 16. The van der Waals surface area contributed by atoms with Crippen molar-refractivity contribution >= 4 is 137 Å². The van der Waals surface area contributed by atoms with Crippen molar-refractivity contribution in [3.8, 4) is 0 Å². The number of primary amides is 1. The Morgan fingerprint density at radius 1 is 0.436 bits per heavy atom. The summed E-state index contributed by atoms with van der Waals surface area (Å²) in [6, 6.07) is -13.7. The van der Waals surface area contributed by atoms with E-state index >= 15 is 0 Å². The van der Waals surface area contributed by atoms with Crippen molar-refractivity contribution in [1.82, 2.24) is 90.0 Å². The molecule has 2 rings (SSSR count). The third-order valence-corrected chi connectivity index (χ3v) is 25.0. The van der Waals surface area contributed by atoms with Gasteiger partial charge in [-0.15, -0.1) is 0 Å². The fourth-order valence-electron chi connectivity index (χ4n) is 14.3. The van der Waals surface area contributed by atoms with Crippen LogP contribution in [0.25, 0.3) is 0 Å². The average molecular weight is 1920 g/mol. The van der Waals surface area contributed by atoms with Crippen molar-refractivity contribution in [3.05, 3.63) is 35.9 Å². The minimum absolute atomic E-state index is 0.0235. The molecular formula is C90H153N19O22S2. The first-order valence-electron chi connectivity index (χ1n) is 46.2. The number of carboxylic acids is 1. The molecule has 0 bridgehead atoms. The Labute approximate surface area is 791 Å². The third-order valence-electron chi connectivity index (χ3n) is 24.0. The Hall–Kier alpha value is -10.3. The number of thioether (sulfide) groups is 1. The normalized spacial score (nSPS) is 17.5. The van der Waals surface area contributed by atoms with E-state index in [0.29, 0.717) is 49.8 Å². The summed E-state index contributed by atoms with van der Waals surface area (Å²) in [6.07, 6.45) is 2.15. The second kappa shape index (κ2) is 60.2. The second-order valence-electron chi connectivity index (χ2n) is 36.0. The molecular weight excluding hydrogens is 1760 g/mol. The van der Waals surface area contributed by atoms with Gasteiger partial charge in [-0.1, -0.05) is 193 Å². The molecule has 752 valence electrons.